The molecule has 1 aliphatic rings. The predicted octanol–water partition coefficient (Wildman–Crippen LogP) is 4.61. The number of carbonyl (C=O) groups excluding carboxylic acids is 1. The van der Waals surface area contributed by atoms with Gasteiger partial charge in [-0.15, -0.1) is 0 Å². The molecule has 0 spiro atoms. The lowest BCUT2D eigenvalue weighted by molar-refractivity contribution is -0.143. The number of amides is 1. The fourth-order valence-electron chi connectivity index (χ4n) is 3.44. The van der Waals surface area contributed by atoms with Crippen LogP contribution in [0.4, 0.5) is 10.1 Å². The van der Waals surface area contributed by atoms with E-state index in [0.717, 1.165) is 18.7 Å². The molecular formula is C21H21Cl2FN2O3. The van der Waals surface area contributed by atoms with Crippen LogP contribution >= 0.6 is 23.2 Å². The van der Waals surface area contributed by atoms with E-state index in [1.165, 1.54) is 12.1 Å². The van der Waals surface area contributed by atoms with Crippen LogP contribution in [0.2, 0.25) is 10.0 Å². The van der Waals surface area contributed by atoms with Crippen LogP contribution in [-0.4, -0.2) is 35.0 Å². The molecule has 2 aromatic carbocycles. The fraction of sp³-hybridized carbons (Fsp3) is 0.333. The summed E-state index contributed by atoms with van der Waals surface area (Å²) in [6.45, 7) is 2.12. The number of benzene rings is 2. The molecule has 0 atom stereocenters. The Bertz CT molecular complexity index is 915. The van der Waals surface area contributed by atoms with Crippen LogP contribution in [0.5, 0.6) is 0 Å². The van der Waals surface area contributed by atoms with E-state index in [1.54, 1.807) is 6.07 Å². The number of nitrogens with zero attached hydrogens (tertiary/aromatic N) is 1. The highest BCUT2D eigenvalue weighted by Crippen LogP contribution is 2.28. The minimum Gasteiger partial charge on any atom is -0.481 e. The van der Waals surface area contributed by atoms with Crippen molar-refractivity contribution in [1.29, 1.82) is 0 Å². The zero-order valence-electron chi connectivity index (χ0n) is 15.6. The first-order chi connectivity index (χ1) is 13.8. The summed E-state index contributed by atoms with van der Waals surface area (Å²) in [5.41, 5.74) is 1.67. The molecule has 0 unspecified atom stereocenters. The van der Waals surface area contributed by atoms with Crippen LogP contribution in [0.15, 0.2) is 36.4 Å². The maximum atomic E-state index is 14.0. The third-order valence-electron chi connectivity index (χ3n) is 5.03. The average Bonchev–Trinajstić information content (AvgIpc) is 2.69. The van der Waals surface area contributed by atoms with E-state index < -0.39 is 17.7 Å². The second-order valence-corrected chi connectivity index (χ2v) is 7.92. The van der Waals surface area contributed by atoms with Crippen LogP contribution < -0.4 is 5.32 Å². The second kappa shape index (κ2) is 9.57. The first-order valence-electron chi connectivity index (χ1n) is 9.30. The van der Waals surface area contributed by atoms with E-state index in [1.807, 2.05) is 18.2 Å². The zero-order valence-corrected chi connectivity index (χ0v) is 17.1. The first-order valence-corrected chi connectivity index (χ1v) is 10.1. The first kappa shape index (κ1) is 21.6. The Balaban J connectivity index is 1.59. The Morgan fingerprint density at radius 1 is 1.17 bits per heavy atom. The molecule has 1 aliphatic heterocycles. The summed E-state index contributed by atoms with van der Waals surface area (Å²) in [6.07, 6.45) is 1.05. The summed E-state index contributed by atoms with van der Waals surface area (Å²) < 4.78 is 14.0. The van der Waals surface area contributed by atoms with E-state index in [4.69, 9.17) is 28.3 Å². The van der Waals surface area contributed by atoms with Crippen molar-refractivity contribution in [2.24, 2.45) is 5.92 Å². The predicted molar refractivity (Wildman–Crippen MR) is 111 cm³/mol. The van der Waals surface area contributed by atoms with Crippen molar-refractivity contribution >= 4 is 40.8 Å². The largest absolute Gasteiger partial charge is 0.481 e. The minimum absolute atomic E-state index is 0.0420. The van der Waals surface area contributed by atoms with Gasteiger partial charge < -0.3 is 10.4 Å². The van der Waals surface area contributed by atoms with Crippen molar-refractivity contribution in [1.82, 2.24) is 4.90 Å². The Morgan fingerprint density at radius 3 is 2.59 bits per heavy atom. The van der Waals surface area contributed by atoms with Gasteiger partial charge in [-0.05, 0) is 55.8 Å². The number of carboxylic acid groups (broad SMARTS) is 1. The van der Waals surface area contributed by atoms with Crippen LogP contribution in [-0.2, 0) is 22.6 Å². The van der Waals surface area contributed by atoms with Crippen molar-refractivity contribution in [2.45, 2.75) is 25.8 Å². The van der Waals surface area contributed by atoms with Crippen LogP contribution in [0, 0.1) is 11.7 Å². The number of rotatable bonds is 6. The van der Waals surface area contributed by atoms with Gasteiger partial charge in [-0.1, -0.05) is 35.3 Å². The van der Waals surface area contributed by atoms with E-state index in [2.05, 4.69) is 10.2 Å². The van der Waals surface area contributed by atoms with Crippen molar-refractivity contribution in [3.63, 3.8) is 0 Å². The minimum atomic E-state index is -0.731. The van der Waals surface area contributed by atoms with Gasteiger partial charge in [-0.25, -0.2) is 4.39 Å². The Kier molecular flexibility index (Phi) is 7.11. The van der Waals surface area contributed by atoms with Gasteiger partial charge in [0.25, 0.3) is 0 Å². The van der Waals surface area contributed by atoms with Crippen LogP contribution in [0.1, 0.15) is 24.0 Å². The van der Waals surface area contributed by atoms with Crippen molar-refractivity contribution in [3.8, 4) is 0 Å². The van der Waals surface area contributed by atoms with Gasteiger partial charge in [0.1, 0.15) is 5.82 Å². The average molecular weight is 439 g/mol. The third-order valence-corrected chi connectivity index (χ3v) is 5.87. The lowest BCUT2D eigenvalue weighted by Crippen LogP contribution is -2.35. The maximum absolute atomic E-state index is 14.0. The van der Waals surface area contributed by atoms with Gasteiger partial charge >= 0.3 is 5.97 Å². The molecule has 1 saturated heterocycles. The van der Waals surface area contributed by atoms with Crippen molar-refractivity contribution in [2.75, 3.05) is 18.4 Å². The van der Waals surface area contributed by atoms with Gasteiger partial charge in [0.05, 0.1) is 22.4 Å². The monoisotopic (exact) mass is 438 g/mol. The lowest BCUT2D eigenvalue weighted by atomic mass is 9.97. The van der Waals surface area contributed by atoms with Gasteiger partial charge in [-0.2, -0.15) is 0 Å². The molecule has 0 aromatic heterocycles. The molecule has 0 bridgehead atoms. The second-order valence-electron chi connectivity index (χ2n) is 7.14. The molecule has 5 nitrogen and oxygen atoms in total. The molecule has 0 radical (unpaired) electrons. The summed E-state index contributed by atoms with van der Waals surface area (Å²) in [7, 11) is 0. The van der Waals surface area contributed by atoms with Crippen LogP contribution in [0.3, 0.4) is 0 Å². The Morgan fingerprint density at radius 2 is 1.90 bits per heavy atom. The number of carboxylic acids is 1. The third kappa shape index (κ3) is 5.69. The Labute approximate surface area is 178 Å². The van der Waals surface area contributed by atoms with Crippen molar-refractivity contribution < 1.29 is 19.1 Å². The number of likely N-dealkylation sites (tertiary alicyclic amines) is 1. The number of hydrogen-bond acceptors (Lipinski definition) is 3. The number of piperidine rings is 1. The number of nitrogens with one attached hydrogen (secondary N) is 1. The van der Waals surface area contributed by atoms with E-state index in [9.17, 15) is 14.0 Å². The summed E-state index contributed by atoms with van der Waals surface area (Å²) in [5.74, 6) is -1.97. The quantitative estimate of drug-likeness (QED) is 0.645. The number of aliphatic carboxylic acids is 1. The van der Waals surface area contributed by atoms with Crippen molar-refractivity contribution in [3.05, 3.63) is 63.4 Å². The molecule has 0 saturated carbocycles. The standard InChI is InChI=1S/C21H21Cl2FN2O3/c22-17-4-5-18(24)16(20(17)23)11-19(27)25-15-3-1-2-13(10-15)12-26-8-6-14(7-9-26)21(28)29/h1-5,10,14H,6-9,11-12H2,(H,25,27)(H,28,29). The zero-order chi connectivity index (χ0) is 21.0. The van der Waals surface area contributed by atoms with Gasteiger partial charge in [0.2, 0.25) is 5.91 Å². The smallest absolute Gasteiger partial charge is 0.306 e. The van der Waals surface area contributed by atoms with Gasteiger partial charge in [0, 0.05) is 17.8 Å². The molecular weight excluding hydrogens is 418 g/mol. The molecule has 154 valence electrons. The molecule has 29 heavy (non-hydrogen) atoms. The normalized spacial score (nSPS) is 15.3. The fourth-order valence-corrected chi connectivity index (χ4v) is 3.84. The molecule has 2 N–H and O–H groups in total. The molecule has 3 rings (SSSR count). The van der Waals surface area contributed by atoms with Gasteiger partial charge in [0.15, 0.2) is 0 Å². The highest BCUT2D eigenvalue weighted by molar-refractivity contribution is 6.42. The van der Waals surface area contributed by atoms with E-state index in [0.29, 0.717) is 25.1 Å². The van der Waals surface area contributed by atoms with E-state index >= 15 is 0 Å². The van der Waals surface area contributed by atoms with Crippen LogP contribution in [0.25, 0.3) is 0 Å². The number of anilines is 1. The number of halogens is 3. The Hall–Kier alpha value is -2.15. The number of carbonyl (C=O) groups is 2. The molecule has 2 aromatic rings. The maximum Gasteiger partial charge on any atom is 0.306 e. The molecule has 1 heterocycles. The molecule has 1 amide bonds. The SMILES string of the molecule is O=C(Cc1c(F)ccc(Cl)c1Cl)Nc1cccc(CN2CCC(C(=O)O)CC2)c1. The summed E-state index contributed by atoms with van der Waals surface area (Å²) in [4.78, 5) is 25.6. The van der Waals surface area contributed by atoms with Gasteiger partial charge in [-0.3, -0.25) is 14.5 Å². The molecule has 0 aliphatic carbocycles. The summed E-state index contributed by atoms with van der Waals surface area (Å²) in [6, 6.07) is 9.94. The summed E-state index contributed by atoms with van der Waals surface area (Å²) in [5, 5.41) is 12.1. The lowest BCUT2D eigenvalue weighted by Gasteiger charge is -2.30. The highest BCUT2D eigenvalue weighted by Gasteiger charge is 2.24. The topological polar surface area (TPSA) is 69.6 Å². The molecule has 1 fully saturated rings. The summed E-state index contributed by atoms with van der Waals surface area (Å²) >= 11 is 11.9. The highest BCUT2D eigenvalue weighted by atomic mass is 35.5. The molecule has 8 heteroatoms. The number of hydrogen-bond donors (Lipinski definition) is 2. The van der Waals surface area contributed by atoms with E-state index in [-0.39, 0.29) is 27.9 Å².